The molecular weight excluding hydrogens is 218 g/mol. The number of aromatic hydroxyl groups is 1. The Morgan fingerprint density at radius 1 is 1.65 bits per heavy atom. The molecule has 92 valence electrons. The Labute approximate surface area is 100 Å². The van der Waals surface area contributed by atoms with Gasteiger partial charge in [-0.25, -0.2) is 0 Å². The summed E-state index contributed by atoms with van der Waals surface area (Å²) in [4.78, 5) is 11.7. The van der Waals surface area contributed by atoms with Gasteiger partial charge in [0.05, 0.1) is 0 Å². The Morgan fingerprint density at radius 2 is 2.29 bits per heavy atom. The molecule has 1 rings (SSSR count). The first-order valence-corrected chi connectivity index (χ1v) is 5.52. The third-order valence-corrected chi connectivity index (χ3v) is 2.87. The van der Waals surface area contributed by atoms with Crippen LogP contribution in [0.15, 0.2) is 10.9 Å². The zero-order valence-electron chi connectivity index (χ0n) is 10.3. The molecule has 0 bridgehead atoms. The smallest absolute Gasteiger partial charge is 0.253 e. The van der Waals surface area contributed by atoms with Crippen LogP contribution in [-0.4, -0.2) is 22.8 Å². The van der Waals surface area contributed by atoms with Crippen molar-refractivity contribution in [1.29, 1.82) is 5.26 Å². The second-order valence-corrected chi connectivity index (χ2v) is 4.11. The van der Waals surface area contributed by atoms with Crippen molar-refractivity contribution in [3.8, 4) is 11.9 Å². The topological polar surface area (TPSA) is 78.0 Å². The summed E-state index contributed by atoms with van der Waals surface area (Å²) in [6.07, 6.45) is 0.706. The molecule has 2 N–H and O–H groups in total. The van der Waals surface area contributed by atoms with E-state index in [0.29, 0.717) is 18.5 Å². The molecule has 0 saturated heterocycles. The predicted octanol–water partition coefficient (Wildman–Crippen LogP) is 0.732. The summed E-state index contributed by atoms with van der Waals surface area (Å²) >= 11 is 0. The van der Waals surface area contributed by atoms with E-state index in [2.05, 4.69) is 5.32 Å². The molecular formula is C12H17N3O2. The van der Waals surface area contributed by atoms with E-state index in [0.717, 1.165) is 0 Å². The number of nitriles is 1. The largest absolute Gasteiger partial charge is 0.493 e. The summed E-state index contributed by atoms with van der Waals surface area (Å²) in [5.41, 5.74) is 0.400. The van der Waals surface area contributed by atoms with Gasteiger partial charge >= 0.3 is 0 Å². The van der Waals surface area contributed by atoms with Crippen LogP contribution >= 0.6 is 0 Å². The number of hydrogen-bond acceptors (Lipinski definition) is 4. The lowest BCUT2D eigenvalue weighted by Crippen LogP contribution is -2.27. The fourth-order valence-electron chi connectivity index (χ4n) is 1.57. The second-order valence-electron chi connectivity index (χ2n) is 4.11. The highest BCUT2D eigenvalue weighted by molar-refractivity contribution is 5.43. The normalized spacial score (nSPS) is 12.1. The van der Waals surface area contributed by atoms with Crippen LogP contribution in [0.25, 0.3) is 0 Å². The number of aryl methyl sites for hydroxylation is 1. The molecule has 5 heteroatoms. The molecule has 1 aromatic rings. The van der Waals surface area contributed by atoms with Crippen LogP contribution in [0.2, 0.25) is 0 Å². The molecule has 0 amide bonds. The van der Waals surface area contributed by atoms with Crippen LogP contribution in [0.1, 0.15) is 24.5 Å². The molecule has 0 spiro atoms. The van der Waals surface area contributed by atoms with Crippen molar-refractivity contribution in [2.45, 2.75) is 32.9 Å². The second kappa shape index (κ2) is 5.51. The number of aromatic nitrogens is 1. The molecule has 0 radical (unpaired) electrons. The minimum absolute atomic E-state index is 0.168. The van der Waals surface area contributed by atoms with Crippen LogP contribution in [0, 0.1) is 18.3 Å². The van der Waals surface area contributed by atoms with Gasteiger partial charge in [-0.15, -0.1) is 0 Å². The summed E-state index contributed by atoms with van der Waals surface area (Å²) in [6, 6.07) is 3.53. The lowest BCUT2D eigenvalue weighted by Gasteiger charge is -2.14. The van der Waals surface area contributed by atoms with Gasteiger partial charge in [-0.1, -0.05) is 0 Å². The summed E-state index contributed by atoms with van der Waals surface area (Å²) in [6.45, 7) is 4.02. The Kier molecular flexibility index (Phi) is 4.30. The lowest BCUT2D eigenvalue weighted by atomic mass is 10.1. The number of rotatable bonds is 4. The Bertz CT molecular complexity index is 500. The van der Waals surface area contributed by atoms with Crippen molar-refractivity contribution in [3.05, 3.63) is 27.5 Å². The maximum atomic E-state index is 11.7. The van der Waals surface area contributed by atoms with Crippen molar-refractivity contribution in [3.63, 3.8) is 0 Å². The molecule has 0 aliphatic carbocycles. The molecule has 17 heavy (non-hydrogen) atoms. The number of pyridine rings is 1. The van der Waals surface area contributed by atoms with E-state index in [1.54, 1.807) is 6.92 Å². The average Bonchev–Trinajstić information content (AvgIpc) is 2.28. The highest BCUT2D eigenvalue weighted by Crippen LogP contribution is 2.17. The van der Waals surface area contributed by atoms with E-state index in [4.69, 9.17) is 5.26 Å². The first-order chi connectivity index (χ1) is 8.01. The molecule has 5 nitrogen and oxygen atoms in total. The van der Waals surface area contributed by atoms with E-state index in [9.17, 15) is 9.90 Å². The molecule has 0 saturated carbocycles. The van der Waals surface area contributed by atoms with Gasteiger partial charge in [-0.05, 0) is 32.9 Å². The van der Waals surface area contributed by atoms with Gasteiger partial charge in [0, 0.05) is 18.7 Å². The third kappa shape index (κ3) is 2.86. The number of nitrogens with zero attached hydrogens (tertiary/aromatic N) is 2. The maximum Gasteiger partial charge on any atom is 0.253 e. The van der Waals surface area contributed by atoms with Gasteiger partial charge in [-0.2, -0.15) is 5.26 Å². The number of nitrogens with one attached hydrogen (secondary N) is 1. The standard InChI is InChI=1S/C12H17N3O2/c1-8-6-11(16)15(5-4-9(2)14-3)12(17)10(8)7-13/h6,9,14,17H,4-5H2,1-3H3. The zero-order valence-corrected chi connectivity index (χ0v) is 10.3. The lowest BCUT2D eigenvalue weighted by molar-refractivity contribution is 0.389. The van der Waals surface area contributed by atoms with Crippen molar-refractivity contribution in [2.24, 2.45) is 0 Å². The number of hydrogen-bond donors (Lipinski definition) is 2. The van der Waals surface area contributed by atoms with Gasteiger partial charge < -0.3 is 10.4 Å². The molecule has 1 aromatic heterocycles. The Hall–Kier alpha value is -1.80. The van der Waals surface area contributed by atoms with E-state index in [1.807, 2.05) is 20.0 Å². The first kappa shape index (κ1) is 13.3. The summed E-state index contributed by atoms with van der Waals surface area (Å²) in [5, 5.41) is 21.8. The van der Waals surface area contributed by atoms with Crippen LogP contribution in [-0.2, 0) is 6.54 Å². The third-order valence-electron chi connectivity index (χ3n) is 2.87. The molecule has 0 aliphatic rings. The molecule has 0 fully saturated rings. The summed E-state index contributed by atoms with van der Waals surface area (Å²) in [5.74, 6) is -0.235. The predicted molar refractivity (Wildman–Crippen MR) is 65.0 cm³/mol. The average molecular weight is 235 g/mol. The SMILES string of the molecule is CNC(C)CCn1c(O)c(C#N)c(C)cc1=O. The minimum Gasteiger partial charge on any atom is -0.493 e. The summed E-state index contributed by atoms with van der Waals surface area (Å²) < 4.78 is 1.24. The van der Waals surface area contributed by atoms with Crippen molar-refractivity contribution < 1.29 is 5.11 Å². The fourth-order valence-corrected chi connectivity index (χ4v) is 1.57. The van der Waals surface area contributed by atoms with Gasteiger partial charge in [0.25, 0.3) is 5.56 Å². The van der Waals surface area contributed by atoms with Crippen LogP contribution < -0.4 is 10.9 Å². The molecule has 1 unspecified atom stereocenters. The minimum atomic E-state index is -0.276. The van der Waals surface area contributed by atoms with Gasteiger partial charge in [0.15, 0.2) is 0 Å². The Morgan fingerprint density at radius 3 is 2.82 bits per heavy atom. The monoisotopic (exact) mass is 235 g/mol. The molecule has 1 heterocycles. The van der Waals surface area contributed by atoms with Crippen molar-refractivity contribution >= 4 is 0 Å². The van der Waals surface area contributed by atoms with Gasteiger partial charge in [-0.3, -0.25) is 9.36 Å². The molecule has 1 atom stereocenters. The summed E-state index contributed by atoms with van der Waals surface area (Å²) in [7, 11) is 1.84. The highest BCUT2D eigenvalue weighted by Gasteiger charge is 2.12. The van der Waals surface area contributed by atoms with E-state index >= 15 is 0 Å². The van der Waals surface area contributed by atoms with Crippen molar-refractivity contribution in [2.75, 3.05) is 7.05 Å². The van der Waals surface area contributed by atoms with E-state index in [1.165, 1.54) is 10.6 Å². The van der Waals surface area contributed by atoms with E-state index < -0.39 is 0 Å². The zero-order chi connectivity index (χ0) is 13.0. The van der Waals surface area contributed by atoms with Crippen LogP contribution in [0.3, 0.4) is 0 Å². The fraction of sp³-hybridized carbons (Fsp3) is 0.500. The van der Waals surface area contributed by atoms with E-state index in [-0.39, 0.29) is 23.0 Å². The first-order valence-electron chi connectivity index (χ1n) is 5.52. The molecule has 0 aromatic carbocycles. The van der Waals surface area contributed by atoms with Crippen LogP contribution in [0.5, 0.6) is 5.88 Å². The van der Waals surface area contributed by atoms with Crippen molar-refractivity contribution in [1.82, 2.24) is 9.88 Å². The molecule has 0 aliphatic heterocycles. The van der Waals surface area contributed by atoms with Crippen LogP contribution in [0.4, 0.5) is 0 Å². The Balaban J connectivity index is 3.09. The van der Waals surface area contributed by atoms with Gasteiger partial charge in [0.2, 0.25) is 5.88 Å². The quantitative estimate of drug-likeness (QED) is 0.806. The highest BCUT2D eigenvalue weighted by atomic mass is 16.3. The van der Waals surface area contributed by atoms with Gasteiger partial charge in [0.1, 0.15) is 11.6 Å². The maximum absolute atomic E-state index is 11.7.